The Morgan fingerprint density at radius 1 is 0.765 bits per heavy atom. The maximum absolute atomic E-state index is 12.6. The van der Waals surface area contributed by atoms with Crippen LogP contribution in [0.15, 0.2) is 18.2 Å². The van der Waals surface area contributed by atoms with Crippen molar-refractivity contribution in [2.75, 3.05) is 26.2 Å². The Bertz CT molecular complexity index is 834. The smallest absolute Gasteiger partial charge is 0.357 e. The third-order valence-corrected chi connectivity index (χ3v) is 6.62. The third-order valence-electron chi connectivity index (χ3n) is 6.62. The number of rotatable bonds is 6. The van der Waals surface area contributed by atoms with Crippen LogP contribution >= 0.6 is 0 Å². The first-order valence-corrected chi connectivity index (χ1v) is 12.1. The van der Waals surface area contributed by atoms with Crippen LogP contribution in [0.1, 0.15) is 74.4 Å². The fraction of sp³-hybridized carbons (Fsp3) is 0.640. The van der Waals surface area contributed by atoms with E-state index in [4.69, 9.17) is 9.47 Å². The second-order valence-corrected chi connectivity index (χ2v) is 9.52. The molecule has 2 aliphatic heterocycles. The van der Waals surface area contributed by atoms with E-state index in [1.807, 2.05) is 0 Å². The van der Waals surface area contributed by atoms with Crippen molar-refractivity contribution in [1.82, 2.24) is 14.8 Å². The van der Waals surface area contributed by atoms with Crippen LogP contribution in [0.5, 0.6) is 0 Å². The Labute approximate surface area is 200 Å². The van der Waals surface area contributed by atoms with Gasteiger partial charge in [-0.1, -0.05) is 19.9 Å². The zero-order valence-corrected chi connectivity index (χ0v) is 20.5. The van der Waals surface area contributed by atoms with Gasteiger partial charge in [-0.15, -0.1) is 0 Å². The van der Waals surface area contributed by atoms with Crippen LogP contribution < -0.4 is 0 Å². The van der Waals surface area contributed by atoms with Gasteiger partial charge in [-0.25, -0.2) is 14.6 Å². The van der Waals surface area contributed by atoms with Crippen molar-refractivity contribution in [2.24, 2.45) is 11.8 Å². The van der Waals surface area contributed by atoms with E-state index in [2.05, 4.69) is 18.8 Å². The van der Waals surface area contributed by atoms with Crippen molar-refractivity contribution in [3.05, 3.63) is 29.6 Å². The molecule has 34 heavy (non-hydrogen) atoms. The summed E-state index contributed by atoms with van der Waals surface area (Å²) in [6, 6.07) is 4.29. The lowest BCUT2D eigenvalue weighted by Gasteiger charge is -2.32. The second-order valence-electron chi connectivity index (χ2n) is 9.52. The van der Waals surface area contributed by atoms with E-state index in [1.165, 1.54) is 32.0 Å². The molecule has 0 aliphatic carbocycles. The predicted molar refractivity (Wildman–Crippen MR) is 124 cm³/mol. The molecule has 0 spiro atoms. The molecule has 9 heteroatoms. The number of pyridine rings is 1. The van der Waals surface area contributed by atoms with Crippen LogP contribution in [0.2, 0.25) is 0 Å². The predicted octanol–water partition coefficient (Wildman–Crippen LogP) is 2.69. The summed E-state index contributed by atoms with van der Waals surface area (Å²) in [6.45, 7) is 9.96. The molecule has 186 valence electrons. The number of esters is 2. The van der Waals surface area contributed by atoms with Crippen LogP contribution in [0, 0.1) is 11.8 Å². The van der Waals surface area contributed by atoms with Gasteiger partial charge in [0.1, 0.15) is 11.4 Å². The average molecular weight is 474 g/mol. The summed E-state index contributed by atoms with van der Waals surface area (Å²) >= 11 is 0. The second kappa shape index (κ2) is 11.4. The van der Waals surface area contributed by atoms with Gasteiger partial charge in [-0.3, -0.25) is 9.59 Å². The summed E-state index contributed by atoms with van der Waals surface area (Å²) in [5.41, 5.74) is -0.212. The van der Waals surface area contributed by atoms with Gasteiger partial charge in [0.2, 0.25) is 0 Å². The molecule has 2 aliphatic rings. The Kier molecular flexibility index (Phi) is 8.63. The fourth-order valence-corrected chi connectivity index (χ4v) is 4.18. The standard InChI is InChI=1S/C25H35N3O6/c1-16-8-12-27(13-9-16)22(29)18(3)33-24(31)20-6-5-7-21(26-20)25(32)34-19(4)23(30)28-14-10-17(2)11-15-28/h5-7,16-19H,8-15H2,1-4H3/t18-,19+. The molecule has 2 amide bonds. The Hall–Kier alpha value is -2.97. The van der Waals surface area contributed by atoms with Crippen LogP contribution in [-0.2, 0) is 19.1 Å². The Morgan fingerprint density at radius 2 is 1.12 bits per heavy atom. The summed E-state index contributed by atoms with van der Waals surface area (Å²) in [4.78, 5) is 57.8. The van der Waals surface area contributed by atoms with E-state index < -0.39 is 24.1 Å². The maximum atomic E-state index is 12.6. The number of carbonyl (C=O) groups excluding carboxylic acids is 4. The molecule has 2 saturated heterocycles. The number of piperidine rings is 2. The molecule has 0 saturated carbocycles. The van der Waals surface area contributed by atoms with Crippen LogP contribution in [-0.4, -0.2) is 76.9 Å². The molecule has 3 rings (SSSR count). The van der Waals surface area contributed by atoms with Gasteiger partial charge in [0.05, 0.1) is 0 Å². The minimum absolute atomic E-state index is 0.106. The van der Waals surface area contributed by atoms with Gasteiger partial charge in [0.15, 0.2) is 12.2 Å². The van der Waals surface area contributed by atoms with Gasteiger partial charge >= 0.3 is 11.9 Å². The Morgan fingerprint density at radius 3 is 1.47 bits per heavy atom. The average Bonchev–Trinajstić information content (AvgIpc) is 2.84. The minimum atomic E-state index is -0.955. The number of hydrogen-bond donors (Lipinski definition) is 0. The summed E-state index contributed by atoms with van der Waals surface area (Å²) in [7, 11) is 0. The van der Waals surface area contributed by atoms with Crippen molar-refractivity contribution < 1.29 is 28.7 Å². The molecule has 2 atom stereocenters. The van der Waals surface area contributed by atoms with Gasteiger partial charge in [0.25, 0.3) is 11.8 Å². The van der Waals surface area contributed by atoms with Crippen LogP contribution in [0.3, 0.4) is 0 Å². The van der Waals surface area contributed by atoms with E-state index in [0.717, 1.165) is 25.7 Å². The molecule has 0 aromatic carbocycles. The van der Waals surface area contributed by atoms with Crippen LogP contribution in [0.25, 0.3) is 0 Å². The summed E-state index contributed by atoms with van der Waals surface area (Å²) < 4.78 is 10.6. The van der Waals surface area contributed by atoms with Crippen LogP contribution in [0.4, 0.5) is 0 Å². The molecule has 3 heterocycles. The highest BCUT2D eigenvalue weighted by molar-refractivity contribution is 5.94. The number of nitrogens with zero attached hydrogens (tertiary/aromatic N) is 3. The molecule has 0 N–H and O–H groups in total. The van der Waals surface area contributed by atoms with Crippen molar-refractivity contribution >= 4 is 23.8 Å². The molecular formula is C25H35N3O6. The van der Waals surface area contributed by atoms with Crippen molar-refractivity contribution in [3.8, 4) is 0 Å². The Balaban J connectivity index is 1.55. The number of hydrogen-bond acceptors (Lipinski definition) is 7. The van der Waals surface area contributed by atoms with E-state index >= 15 is 0 Å². The van der Waals surface area contributed by atoms with Crippen molar-refractivity contribution in [1.29, 1.82) is 0 Å². The molecule has 0 bridgehead atoms. The lowest BCUT2D eigenvalue weighted by molar-refractivity contribution is -0.141. The number of aromatic nitrogens is 1. The molecule has 1 aromatic rings. The quantitative estimate of drug-likeness (QED) is 0.585. The number of likely N-dealkylation sites (tertiary alicyclic amines) is 2. The zero-order chi connectivity index (χ0) is 24.8. The minimum Gasteiger partial charge on any atom is -0.448 e. The topological polar surface area (TPSA) is 106 Å². The first-order valence-electron chi connectivity index (χ1n) is 12.1. The molecule has 9 nitrogen and oxygen atoms in total. The first-order chi connectivity index (χ1) is 16.2. The molecular weight excluding hydrogens is 438 g/mol. The van der Waals surface area contributed by atoms with E-state index in [-0.39, 0.29) is 23.2 Å². The number of ether oxygens (including phenoxy) is 2. The number of amides is 2. The monoisotopic (exact) mass is 473 g/mol. The highest BCUT2D eigenvalue weighted by Crippen LogP contribution is 2.19. The zero-order valence-electron chi connectivity index (χ0n) is 20.5. The molecule has 0 unspecified atom stereocenters. The van der Waals surface area contributed by atoms with Crippen molar-refractivity contribution in [3.63, 3.8) is 0 Å². The third kappa shape index (κ3) is 6.55. The lowest BCUT2D eigenvalue weighted by Crippen LogP contribution is -2.44. The lowest BCUT2D eigenvalue weighted by atomic mass is 9.99. The normalized spacial score (nSPS) is 19.3. The summed E-state index contributed by atoms with van der Waals surface area (Å²) in [5.74, 6) is -0.921. The van der Waals surface area contributed by atoms with Crippen molar-refractivity contribution in [2.45, 2.75) is 65.6 Å². The van der Waals surface area contributed by atoms with Gasteiger partial charge in [-0.05, 0) is 63.5 Å². The van der Waals surface area contributed by atoms with E-state index in [0.29, 0.717) is 38.0 Å². The first kappa shape index (κ1) is 25.6. The summed E-state index contributed by atoms with van der Waals surface area (Å²) in [5, 5.41) is 0. The SMILES string of the molecule is CC1CCN(C(=O)[C@H](C)OC(=O)c2cccc(C(=O)O[C@H](C)C(=O)N3CCC(C)CC3)n2)CC1. The van der Waals surface area contributed by atoms with E-state index in [9.17, 15) is 19.2 Å². The van der Waals surface area contributed by atoms with Gasteiger partial charge in [-0.2, -0.15) is 0 Å². The summed E-state index contributed by atoms with van der Waals surface area (Å²) in [6.07, 6.45) is 1.80. The van der Waals surface area contributed by atoms with Gasteiger partial charge in [0, 0.05) is 26.2 Å². The highest BCUT2D eigenvalue weighted by Gasteiger charge is 2.29. The maximum Gasteiger partial charge on any atom is 0.357 e. The molecule has 2 fully saturated rings. The highest BCUT2D eigenvalue weighted by atomic mass is 16.6. The molecule has 0 radical (unpaired) electrons. The largest absolute Gasteiger partial charge is 0.448 e. The molecule has 1 aromatic heterocycles. The van der Waals surface area contributed by atoms with Gasteiger partial charge < -0.3 is 19.3 Å². The number of carbonyl (C=O) groups is 4. The van der Waals surface area contributed by atoms with E-state index in [1.54, 1.807) is 9.80 Å². The fourth-order valence-electron chi connectivity index (χ4n) is 4.18.